The monoisotopic (exact) mass is 303 g/mol. The molecule has 4 heteroatoms. The van der Waals surface area contributed by atoms with E-state index in [1.54, 1.807) is 7.11 Å². The van der Waals surface area contributed by atoms with Crippen LogP contribution in [0.4, 0.5) is 0 Å². The number of hydrogen-bond donors (Lipinski definition) is 1. The van der Waals surface area contributed by atoms with Crippen LogP contribution in [0.2, 0.25) is 5.02 Å². The number of hydrogen-bond acceptors (Lipinski definition) is 2. The van der Waals surface area contributed by atoms with E-state index in [2.05, 4.69) is 5.32 Å². The minimum atomic E-state index is -0.272. The highest BCUT2D eigenvalue weighted by Crippen LogP contribution is 2.24. The molecule has 0 aliphatic rings. The Hall–Kier alpha value is -1.84. The maximum atomic E-state index is 12.2. The largest absolute Gasteiger partial charge is 0.375 e. The quantitative estimate of drug-likeness (QED) is 0.913. The Kier molecular flexibility index (Phi) is 5.37. The van der Waals surface area contributed by atoms with Crippen molar-refractivity contribution in [2.24, 2.45) is 0 Å². The molecule has 2 rings (SSSR count). The molecule has 0 saturated carbocycles. The van der Waals surface area contributed by atoms with Crippen LogP contribution in [0.5, 0.6) is 0 Å². The summed E-state index contributed by atoms with van der Waals surface area (Å²) in [5.41, 5.74) is 2.49. The van der Waals surface area contributed by atoms with E-state index in [1.807, 2.05) is 55.5 Å². The van der Waals surface area contributed by atoms with Gasteiger partial charge in [0.25, 0.3) is 5.91 Å². The van der Waals surface area contributed by atoms with Crippen molar-refractivity contribution in [1.82, 2.24) is 5.32 Å². The summed E-state index contributed by atoms with van der Waals surface area (Å²) < 4.78 is 5.43. The summed E-state index contributed by atoms with van der Waals surface area (Å²) in [5, 5.41) is 3.53. The van der Waals surface area contributed by atoms with E-state index in [4.69, 9.17) is 16.3 Å². The first-order valence-corrected chi connectivity index (χ1v) is 7.12. The summed E-state index contributed by atoms with van der Waals surface area (Å²) in [6.45, 7) is 2.28. The molecule has 2 aromatic rings. The van der Waals surface area contributed by atoms with E-state index in [0.717, 1.165) is 11.1 Å². The van der Waals surface area contributed by atoms with Gasteiger partial charge in [0.05, 0.1) is 0 Å². The number of aryl methyl sites for hydroxylation is 1. The second kappa shape index (κ2) is 7.25. The van der Waals surface area contributed by atoms with Crippen molar-refractivity contribution < 1.29 is 9.53 Å². The zero-order valence-electron chi connectivity index (χ0n) is 12.1. The molecule has 0 aliphatic heterocycles. The number of halogens is 1. The van der Waals surface area contributed by atoms with Crippen LogP contribution >= 0.6 is 11.6 Å². The highest BCUT2D eigenvalue weighted by molar-refractivity contribution is 6.31. The van der Waals surface area contributed by atoms with E-state index in [1.165, 1.54) is 0 Å². The zero-order chi connectivity index (χ0) is 15.2. The van der Waals surface area contributed by atoms with Crippen molar-refractivity contribution in [1.29, 1.82) is 0 Å². The van der Waals surface area contributed by atoms with Crippen molar-refractivity contribution in [2.75, 3.05) is 13.7 Å². The van der Waals surface area contributed by atoms with Crippen molar-refractivity contribution in [3.05, 3.63) is 70.2 Å². The van der Waals surface area contributed by atoms with E-state index in [9.17, 15) is 4.79 Å². The molecule has 0 radical (unpaired) electrons. The number of benzene rings is 2. The SMILES string of the molecule is COC(CNC(=O)c1ccccc1C)c1ccccc1Cl. The molecule has 0 bridgehead atoms. The third kappa shape index (κ3) is 3.84. The first-order valence-electron chi connectivity index (χ1n) is 6.74. The summed E-state index contributed by atoms with van der Waals surface area (Å²) in [5.74, 6) is -0.109. The molecule has 110 valence electrons. The maximum Gasteiger partial charge on any atom is 0.251 e. The molecule has 1 unspecified atom stereocenters. The van der Waals surface area contributed by atoms with Gasteiger partial charge in [-0.05, 0) is 24.6 Å². The Morgan fingerprint density at radius 1 is 1.19 bits per heavy atom. The predicted octanol–water partition coefficient (Wildman–Crippen LogP) is 3.77. The van der Waals surface area contributed by atoms with Crippen LogP contribution in [0.15, 0.2) is 48.5 Å². The number of rotatable bonds is 5. The predicted molar refractivity (Wildman–Crippen MR) is 84.7 cm³/mol. The second-order valence-electron chi connectivity index (χ2n) is 4.77. The number of nitrogens with one attached hydrogen (secondary N) is 1. The Balaban J connectivity index is 2.06. The zero-order valence-corrected chi connectivity index (χ0v) is 12.9. The average Bonchev–Trinajstić information content (AvgIpc) is 2.49. The van der Waals surface area contributed by atoms with Crippen molar-refractivity contribution >= 4 is 17.5 Å². The van der Waals surface area contributed by atoms with Crippen LogP contribution in [0, 0.1) is 6.92 Å². The van der Waals surface area contributed by atoms with E-state index in [-0.39, 0.29) is 12.0 Å². The number of ether oxygens (including phenoxy) is 1. The van der Waals surface area contributed by atoms with Crippen LogP contribution in [-0.4, -0.2) is 19.6 Å². The first-order chi connectivity index (χ1) is 10.1. The van der Waals surface area contributed by atoms with Gasteiger partial charge in [-0.25, -0.2) is 0 Å². The summed E-state index contributed by atoms with van der Waals surface area (Å²) in [4.78, 5) is 12.2. The lowest BCUT2D eigenvalue weighted by Gasteiger charge is -2.18. The van der Waals surface area contributed by atoms with Gasteiger partial charge >= 0.3 is 0 Å². The van der Waals surface area contributed by atoms with E-state index in [0.29, 0.717) is 17.1 Å². The fourth-order valence-electron chi connectivity index (χ4n) is 2.16. The standard InChI is InChI=1S/C17H18ClNO2/c1-12-7-3-4-8-13(12)17(20)19-11-16(21-2)14-9-5-6-10-15(14)18/h3-10,16H,11H2,1-2H3,(H,19,20). The highest BCUT2D eigenvalue weighted by Gasteiger charge is 2.16. The molecule has 21 heavy (non-hydrogen) atoms. The molecule has 3 nitrogen and oxygen atoms in total. The second-order valence-corrected chi connectivity index (χ2v) is 5.18. The van der Waals surface area contributed by atoms with Crippen molar-refractivity contribution in [2.45, 2.75) is 13.0 Å². The van der Waals surface area contributed by atoms with Gasteiger partial charge in [-0.1, -0.05) is 48.0 Å². The fraction of sp³-hybridized carbons (Fsp3) is 0.235. The Morgan fingerprint density at radius 3 is 2.52 bits per heavy atom. The van der Waals surface area contributed by atoms with Gasteiger partial charge in [0, 0.05) is 29.8 Å². The number of amides is 1. The molecule has 0 fully saturated rings. The minimum Gasteiger partial charge on any atom is -0.375 e. The maximum absolute atomic E-state index is 12.2. The van der Waals surface area contributed by atoms with E-state index < -0.39 is 0 Å². The molecule has 0 heterocycles. The topological polar surface area (TPSA) is 38.3 Å². The van der Waals surface area contributed by atoms with E-state index >= 15 is 0 Å². The molecular formula is C17H18ClNO2. The van der Waals surface area contributed by atoms with Crippen LogP contribution in [-0.2, 0) is 4.74 Å². The fourth-order valence-corrected chi connectivity index (χ4v) is 2.42. The third-order valence-corrected chi connectivity index (χ3v) is 3.72. The number of methoxy groups -OCH3 is 1. The molecule has 1 amide bonds. The Bertz CT molecular complexity index is 628. The molecule has 0 aromatic heterocycles. The molecule has 1 atom stereocenters. The smallest absolute Gasteiger partial charge is 0.251 e. The Morgan fingerprint density at radius 2 is 1.86 bits per heavy atom. The lowest BCUT2D eigenvalue weighted by atomic mass is 10.1. The summed E-state index contributed by atoms with van der Waals surface area (Å²) in [6.07, 6.45) is -0.272. The van der Waals surface area contributed by atoms with Gasteiger partial charge in [-0.15, -0.1) is 0 Å². The average molecular weight is 304 g/mol. The molecule has 0 aliphatic carbocycles. The van der Waals surface area contributed by atoms with Gasteiger partial charge in [-0.3, -0.25) is 4.79 Å². The number of carbonyl (C=O) groups is 1. The molecule has 1 N–H and O–H groups in total. The third-order valence-electron chi connectivity index (χ3n) is 3.37. The number of carbonyl (C=O) groups excluding carboxylic acids is 1. The van der Waals surface area contributed by atoms with Gasteiger partial charge in [-0.2, -0.15) is 0 Å². The van der Waals surface area contributed by atoms with Crippen LogP contribution < -0.4 is 5.32 Å². The first kappa shape index (κ1) is 15.5. The summed E-state index contributed by atoms with van der Waals surface area (Å²) in [6, 6.07) is 15.0. The normalized spacial score (nSPS) is 12.0. The highest BCUT2D eigenvalue weighted by atomic mass is 35.5. The van der Waals surface area contributed by atoms with Gasteiger partial charge in [0.15, 0.2) is 0 Å². The van der Waals surface area contributed by atoms with Crippen LogP contribution in [0.25, 0.3) is 0 Å². The Labute approximate surface area is 129 Å². The lowest BCUT2D eigenvalue weighted by molar-refractivity contribution is 0.0827. The summed E-state index contributed by atoms with van der Waals surface area (Å²) >= 11 is 6.16. The lowest BCUT2D eigenvalue weighted by Crippen LogP contribution is -2.29. The van der Waals surface area contributed by atoms with Gasteiger partial charge in [0.2, 0.25) is 0 Å². The molecule has 0 spiro atoms. The molecule has 0 saturated heterocycles. The molecule has 2 aromatic carbocycles. The van der Waals surface area contributed by atoms with Crippen LogP contribution in [0.3, 0.4) is 0 Å². The minimum absolute atomic E-state index is 0.109. The van der Waals surface area contributed by atoms with Gasteiger partial charge in [0.1, 0.15) is 6.10 Å². The van der Waals surface area contributed by atoms with Crippen molar-refractivity contribution in [3.8, 4) is 0 Å². The van der Waals surface area contributed by atoms with Crippen LogP contribution in [0.1, 0.15) is 27.6 Å². The van der Waals surface area contributed by atoms with Gasteiger partial charge < -0.3 is 10.1 Å². The van der Waals surface area contributed by atoms with Crippen molar-refractivity contribution in [3.63, 3.8) is 0 Å². The molecular weight excluding hydrogens is 286 g/mol. The summed E-state index contributed by atoms with van der Waals surface area (Å²) in [7, 11) is 1.61.